The molecule has 0 atom stereocenters. The lowest BCUT2D eigenvalue weighted by Gasteiger charge is -2.09. The van der Waals surface area contributed by atoms with Gasteiger partial charge >= 0.3 is 0 Å². The normalized spacial score (nSPS) is 9.31. The molecular weight excluding hydrogens is 160 g/mol. The Balaban J connectivity index is 2.67. The molecule has 0 aliphatic carbocycles. The van der Waals surface area contributed by atoms with Crippen LogP contribution in [0.15, 0.2) is 18.2 Å². The van der Waals surface area contributed by atoms with Crippen LogP contribution in [0.3, 0.4) is 0 Å². The average molecular weight is 174 g/mol. The number of nitrogens with one attached hydrogen (secondary N) is 1. The summed E-state index contributed by atoms with van der Waals surface area (Å²) in [5, 5.41) is 11.6. The van der Waals surface area contributed by atoms with Crippen molar-refractivity contribution in [3.8, 4) is 6.07 Å². The Morgan fingerprint density at radius 2 is 2.15 bits per heavy atom. The van der Waals surface area contributed by atoms with Crippen molar-refractivity contribution in [2.24, 2.45) is 0 Å². The van der Waals surface area contributed by atoms with Gasteiger partial charge in [0.25, 0.3) is 0 Å². The lowest BCUT2D eigenvalue weighted by molar-refractivity contribution is 1.07. The van der Waals surface area contributed by atoms with E-state index in [4.69, 9.17) is 5.26 Å². The largest absolute Gasteiger partial charge is 0.384 e. The first-order chi connectivity index (χ1) is 6.25. The van der Waals surface area contributed by atoms with Gasteiger partial charge in [0.1, 0.15) is 0 Å². The summed E-state index contributed by atoms with van der Waals surface area (Å²) in [4.78, 5) is 0. The molecule has 0 fully saturated rings. The third-order valence-electron chi connectivity index (χ3n) is 2.16. The second-order valence-corrected chi connectivity index (χ2v) is 3.08. The van der Waals surface area contributed by atoms with E-state index in [-0.39, 0.29) is 0 Å². The molecular formula is C11H14N2. The van der Waals surface area contributed by atoms with Crippen molar-refractivity contribution in [3.63, 3.8) is 0 Å². The molecule has 0 aliphatic rings. The number of nitriles is 1. The van der Waals surface area contributed by atoms with E-state index in [2.05, 4.69) is 31.3 Å². The van der Waals surface area contributed by atoms with E-state index in [1.807, 2.05) is 12.1 Å². The number of benzene rings is 1. The van der Waals surface area contributed by atoms with Crippen LogP contribution in [-0.2, 0) is 0 Å². The van der Waals surface area contributed by atoms with Gasteiger partial charge in [-0.3, -0.25) is 0 Å². The molecule has 0 radical (unpaired) electrons. The maximum atomic E-state index is 8.38. The van der Waals surface area contributed by atoms with E-state index in [1.54, 1.807) is 0 Å². The quantitative estimate of drug-likeness (QED) is 0.715. The van der Waals surface area contributed by atoms with E-state index >= 15 is 0 Å². The van der Waals surface area contributed by atoms with Gasteiger partial charge < -0.3 is 5.32 Å². The maximum Gasteiger partial charge on any atom is 0.0640 e. The van der Waals surface area contributed by atoms with Gasteiger partial charge in [-0.1, -0.05) is 12.1 Å². The van der Waals surface area contributed by atoms with Gasteiger partial charge in [-0.15, -0.1) is 0 Å². The molecule has 0 amide bonds. The van der Waals surface area contributed by atoms with Gasteiger partial charge in [0.05, 0.1) is 12.5 Å². The molecule has 0 heterocycles. The Bertz CT molecular complexity index is 323. The number of anilines is 1. The minimum atomic E-state index is 0.549. The first kappa shape index (κ1) is 9.60. The minimum absolute atomic E-state index is 0.549. The molecule has 0 saturated heterocycles. The van der Waals surface area contributed by atoms with Gasteiger partial charge in [-0.2, -0.15) is 5.26 Å². The monoisotopic (exact) mass is 174 g/mol. The van der Waals surface area contributed by atoms with Gasteiger partial charge in [-0.05, 0) is 31.0 Å². The standard InChI is InChI=1S/C11H14N2/c1-9-5-3-6-11(10(9)2)13-8-4-7-12/h3,5-6,13H,4,8H2,1-2H3. The Labute approximate surface area is 79.2 Å². The Kier molecular flexibility index (Phi) is 3.33. The molecule has 13 heavy (non-hydrogen) atoms. The topological polar surface area (TPSA) is 35.8 Å². The van der Waals surface area contributed by atoms with Gasteiger partial charge in [0.15, 0.2) is 0 Å². The maximum absolute atomic E-state index is 8.38. The SMILES string of the molecule is Cc1cccc(NCCC#N)c1C. The molecule has 0 aromatic heterocycles. The van der Waals surface area contributed by atoms with Crippen LogP contribution in [0.2, 0.25) is 0 Å². The number of hydrogen-bond acceptors (Lipinski definition) is 2. The summed E-state index contributed by atoms with van der Waals surface area (Å²) in [5.41, 5.74) is 3.68. The van der Waals surface area contributed by atoms with E-state index in [0.29, 0.717) is 6.42 Å². The fourth-order valence-electron chi connectivity index (χ4n) is 1.20. The summed E-state index contributed by atoms with van der Waals surface area (Å²) in [6.45, 7) is 4.90. The van der Waals surface area contributed by atoms with E-state index in [9.17, 15) is 0 Å². The zero-order chi connectivity index (χ0) is 9.68. The molecule has 1 N–H and O–H groups in total. The highest BCUT2D eigenvalue weighted by molar-refractivity contribution is 5.53. The zero-order valence-corrected chi connectivity index (χ0v) is 8.09. The molecule has 2 heteroatoms. The molecule has 0 spiro atoms. The van der Waals surface area contributed by atoms with Crippen molar-refractivity contribution in [3.05, 3.63) is 29.3 Å². The Morgan fingerprint density at radius 3 is 2.85 bits per heavy atom. The lowest BCUT2D eigenvalue weighted by Crippen LogP contribution is -2.02. The van der Waals surface area contributed by atoms with Crippen molar-refractivity contribution in [1.29, 1.82) is 5.26 Å². The average Bonchev–Trinajstić information content (AvgIpc) is 2.13. The first-order valence-corrected chi connectivity index (χ1v) is 4.42. The summed E-state index contributed by atoms with van der Waals surface area (Å²) in [5.74, 6) is 0. The Morgan fingerprint density at radius 1 is 1.38 bits per heavy atom. The van der Waals surface area contributed by atoms with E-state index in [1.165, 1.54) is 11.1 Å². The molecule has 2 nitrogen and oxygen atoms in total. The minimum Gasteiger partial charge on any atom is -0.384 e. The highest BCUT2D eigenvalue weighted by Crippen LogP contribution is 2.17. The van der Waals surface area contributed by atoms with Crippen molar-refractivity contribution >= 4 is 5.69 Å². The predicted molar refractivity (Wildman–Crippen MR) is 54.6 cm³/mol. The molecule has 68 valence electrons. The van der Waals surface area contributed by atoms with Gasteiger partial charge in [-0.25, -0.2) is 0 Å². The second-order valence-electron chi connectivity index (χ2n) is 3.08. The highest BCUT2D eigenvalue weighted by Gasteiger charge is 1.98. The molecule has 1 rings (SSSR count). The lowest BCUT2D eigenvalue weighted by atomic mass is 10.1. The van der Waals surface area contributed by atoms with E-state index in [0.717, 1.165) is 12.2 Å². The number of rotatable bonds is 3. The summed E-state index contributed by atoms with van der Waals surface area (Å²) < 4.78 is 0. The third-order valence-corrected chi connectivity index (χ3v) is 2.16. The summed E-state index contributed by atoms with van der Waals surface area (Å²) >= 11 is 0. The summed E-state index contributed by atoms with van der Waals surface area (Å²) in [7, 11) is 0. The fraction of sp³-hybridized carbons (Fsp3) is 0.364. The third kappa shape index (κ3) is 2.48. The van der Waals surface area contributed by atoms with Crippen molar-refractivity contribution in [2.75, 3.05) is 11.9 Å². The summed E-state index contributed by atoms with van der Waals surface area (Å²) in [6, 6.07) is 8.26. The van der Waals surface area contributed by atoms with Crippen LogP contribution in [-0.4, -0.2) is 6.54 Å². The first-order valence-electron chi connectivity index (χ1n) is 4.42. The predicted octanol–water partition coefficient (Wildman–Crippen LogP) is 2.63. The zero-order valence-electron chi connectivity index (χ0n) is 8.09. The number of nitrogens with zero attached hydrogens (tertiary/aromatic N) is 1. The smallest absolute Gasteiger partial charge is 0.0640 e. The van der Waals surface area contributed by atoms with Gasteiger partial charge in [0, 0.05) is 12.2 Å². The van der Waals surface area contributed by atoms with Gasteiger partial charge in [0.2, 0.25) is 0 Å². The van der Waals surface area contributed by atoms with Crippen LogP contribution < -0.4 is 5.32 Å². The fourth-order valence-corrected chi connectivity index (χ4v) is 1.20. The molecule has 1 aromatic rings. The molecule has 0 aliphatic heterocycles. The molecule has 0 bridgehead atoms. The van der Waals surface area contributed by atoms with Crippen molar-refractivity contribution in [2.45, 2.75) is 20.3 Å². The van der Waals surface area contributed by atoms with Crippen LogP contribution in [0, 0.1) is 25.2 Å². The van der Waals surface area contributed by atoms with Crippen molar-refractivity contribution in [1.82, 2.24) is 0 Å². The number of hydrogen-bond donors (Lipinski definition) is 1. The second kappa shape index (κ2) is 4.51. The molecule has 0 saturated carbocycles. The van der Waals surface area contributed by atoms with Crippen LogP contribution in [0.5, 0.6) is 0 Å². The van der Waals surface area contributed by atoms with Crippen LogP contribution in [0.25, 0.3) is 0 Å². The molecule has 0 unspecified atom stereocenters. The van der Waals surface area contributed by atoms with Crippen LogP contribution in [0.1, 0.15) is 17.5 Å². The number of aryl methyl sites for hydroxylation is 1. The van der Waals surface area contributed by atoms with Crippen molar-refractivity contribution < 1.29 is 0 Å². The van der Waals surface area contributed by atoms with Crippen LogP contribution in [0.4, 0.5) is 5.69 Å². The molecule has 1 aromatic carbocycles. The Hall–Kier alpha value is -1.49. The van der Waals surface area contributed by atoms with Crippen LogP contribution >= 0.6 is 0 Å². The summed E-state index contributed by atoms with van der Waals surface area (Å²) in [6.07, 6.45) is 0.549. The highest BCUT2D eigenvalue weighted by atomic mass is 14.9. The van der Waals surface area contributed by atoms with E-state index < -0.39 is 0 Å².